The van der Waals surface area contributed by atoms with Crippen molar-refractivity contribution in [2.75, 3.05) is 24.5 Å². The van der Waals surface area contributed by atoms with Gasteiger partial charge in [-0.2, -0.15) is 0 Å². The number of amides is 2. The van der Waals surface area contributed by atoms with Crippen molar-refractivity contribution in [2.45, 2.75) is 26.7 Å². The largest absolute Gasteiger partial charge is 0.339 e. The number of carbonyl (C=O) groups is 2. The van der Waals surface area contributed by atoms with Crippen LogP contribution in [0, 0.1) is 18.7 Å². The second kappa shape index (κ2) is 8.33. The molecule has 0 spiro atoms. The van der Waals surface area contributed by atoms with Crippen molar-refractivity contribution in [1.29, 1.82) is 0 Å². The summed E-state index contributed by atoms with van der Waals surface area (Å²) in [5, 5.41) is 0. The maximum atomic E-state index is 13.4. The molecule has 1 heterocycles. The Bertz CT molecular complexity index is 829. The number of hydrogen-bond acceptors (Lipinski definition) is 2. The fraction of sp³-hybridized carbons (Fsp3) is 0.364. The molecule has 2 aromatic rings. The van der Waals surface area contributed by atoms with Gasteiger partial charge >= 0.3 is 0 Å². The van der Waals surface area contributed by atoms with Gasteiger partial charge in [0.25, 0.3) is 5.91 Å². The Morgan fingerprint density at radius 3 is 2.44 bits per heavy atom. The van der Waals surface area contributed by atoms with Crippen molar-refractivity contribution in [3.63, 3.8) is 0 Å². The number of nitrogens with zero attached hydrogens (tertiary/aromatic N) is 2. The van der Waals surface area contributed by atoms with E-state index in [1.165, 1.54) is 12.1 Å². The Balaban J connectivity index is 1.65. The fourth-order valence-corrected chi connectivity index (χ4v) is 3.67. The molecule has 0 atom stereocenters. The standard InChI is InChI=1S/C22H25FN2O2/c1-3-25(20-10-5-4-7-16(20)2)22(27)17-11-13-24(14-12-17)21(26)18-8-6-9-19(23)15-18/h4-10,15,17H,3,11-14H2,1-2H3. The number of hydrogen-bond donors (Lipinski definition) is 0. The number of benzene rings is 2. The normalized spacial score (nSPS) is 14.9. The lowest BCUT2D eigenvalue weighted by Gasteiger charge is -2.34. The second-order valence-electron chi connectivity index (χ2n) is 6.95. The van der Waals surface area contributed by atoms with Crippen LogP contribution >= 0.6 is 0 Å². The van der Waals surface area contributed by atoms with Gasteiger partial charge in [0.05, 0.1) is 0 Å². The predicted octanol–water partition coefficient (Wildman–Crippen LogP) is 4.04. The van der Waals surface area contributed by atoms with Gasteiger partial charge in [0.1, 0.15) is 5.82 Å². The van der Waals surface area contributed by atoms with E-state index in [0.29, 0.717) is 38.0 Å². The van der Waals surface area contributed by atoms with E-state index in [1.807, 2.05) is 43.0 Å². The number of likely N-dealkylation sites (tertiary alicyclic amines) is 1. The van der Waals surface area contributed by atoms with E-state index < -0.39 is 5.82 Å². The highest BCUT2D eigenvalue weighted by molar-refractivity contribution is 5.97. The Kier molecular flexibility index (Phi) is 5.89. The highest BCUT2D eigenvalue weighted by Crippen LogP contribution is 2.26. The maximum absolute atomic E-state index is 13.4. The van der Waals surface area contributed by atoms with Crippen LogP contribution < -0.4 is 4.90 Å². The molecule has 5 heteroatoms. The minimum Gasteiger partial charge on any atom is -0.339 e. The average Bonchev–Trinajstić information content (AvgIpc) is 2.69. The van der Waals surface area contributed by atoms with Crippen LogP contribution in [0.25, 0.3) is 0 Å². The number of halogens is 1. The molecule has 3 rings (SSSR count). The summed E-state index contributed by atoms with van der Waals surface area (Å²) in [7, 11) is 0. The molecule has 27 heavy (non-hydrogen) atoms. The number of anilines is 1. The zero-order valence-electron chi connectivity index (χ0n) is 15.8. The van der Waals surface area contributed by atoms with Crippen LogP contribution in [0.5, 0.6) is 0 Å². The van der Waals surface area contributed by atoms with Gasteiger partial charge in [0, 0.05) is 36.8 Å². The minimum atomic E-state index is -0.414. The van der Waals surface area contributed by atoms with E-state index in [9.17, 15) is 14.0 Å². The first kappa shape index (κ1) is 19.1. The lowest BCUT2D eigenvalue weighted by atomic mass is 9.94. The number of rotatable bonds is 4. The van der Waals surface area contributed by atoms with Gasteiger partial charge < -0.3 is 9.80 Å². The molecule has 1 aliphatic rings. The van der Waals surface area contributed by atoms with E-state index >= 15 is 0 Å². The lowest BCUT2D eigenvalue weighted by molar-refractivity contribution is -0.123. The topological polar surface area (TPSA) is 40.6 Å². The van der Waals surface area contributed by atoms with Gasteiger partial charge in [-0.15, -0.1) is 0 Å². The van der Waals surface area contributed by atoms with Gasteiger partial charge in [-0.25, -0.2) is 4.39 Å². The first-order valence-electron chi connectivity index (χ1n) is 9.43. The number of carbonyl (C=O) groups excluding carboxylic acids is 2. The summed E-state index contributed by atoms with van der Waals surface area (Å²) in [4.78, 5) is 29.1. The van der Waals surface area contributed by atoms with Crippen LogP contribution in [0.2, 0.25) is 0 Å². The summed E-state index contributed by atoms with van der Waals surface area (Å²) in [6, 6.07) is 13.6. The molecule has 2 amide bonds. The van der Waals surface area contributed by atoms with Crippen LogP contribution in [0.4, 0.5) is 10.1 Å². The molecule has 0 unspecified atom stereocenters. The van der Waals surface area contributed by atoms with Crippen LogP contribution in [0.3, 0.4) is 0 Å². The van der Waals surface area contributed by atoms with Crippen molar-refractivity contribution < 1.29 is 14.0 Å². The summed E-state index contributed by atoms with van der Waals surface area (Å²) in [5.41, 5.74) is 2.38. The van der Waals surface area contributed by atoms with Crippen molar-refractivity contribution in [3.05, 3.63) is 65.5 Å². The van der Waals surface area contributed by atoms with Gasteiger partial charge in [-0.1, -0.05) is 24.3 Å². The Hall–Kier alpha value is -2.69. The zero-order chi connectivity index (χ0) is 19.4. The minimum absolute atomic E-state index is 0.0962. The third kappa shape index (κ3) is 4.18. The highest BCUT2D eigenvalue weighted by Gasteiger charge is 2.31. The number of aryl methyl sites for hydroxylation is 1. The predicted molar refractivity (Wildman–Crippen MR) is 104 cm³/mol. The molecular weight excluding hydrogens is 343 g/mol. The second-order valence-corrected chi connectivity index (χ2v) is 6.95. The summed E-state index contributed by atoms with van der Waals surface area (Å²) in [6.07, 6.45) is 1.25. The molecule has 0 aromatic heterocycles. The molecule has 0 aliphatic carbocycles. The molecule has 4 nitrogen and oxygen atoms in total. The fourth-order valence-electron chi connectivity index (χ4n) is 3.67. The van der Waals surface area contributed by atoms with Gasteiger partial charge in [0.2, 0.25) is 5.91 Å². The van der Waals surface area contributed by atoms with Crippen LogP contribution in [0.1, 0.15) is 35.7 Å². The Morgan fingerprint density at radius 2 is 1.81 bits per heavy atom. The average molecular weight is 368 g/mol. The van der Waals surface area contributed by atoms with E-state index in [-0.39, 0.29) is 17.7 Å². The summed E-state index contributed by atoms with van der Waals surface area (Å²) in [6.45, 7) is 5.62. The van der Waals surface area contributed by atoms with Gasteiger partial charge in [-0.05, 0) is 56.5 Å². The van der Waals surface area contributed by atoms with Crippen molar-refractivity contribution in [1.82, 2.24) is 4.90 Å². The Morgan fingerprint density at radius 1 is 1.11 bits per heavy atom. The lowest BCUT2D eigenvalue weighted by Crippen LogP contribution is -2.44. The Labute approximate surface area is 159 Å². The summed E-state index contributed by atoms with van der Waals surface area (Å²) < 4.78 is 13.4. The third-order valence-electron chi connectivity index (χ3n) is 5.19. The quantitative estimate of drug-likeness (QED) is 0.817. The molecule has 0 N–H and O–H groups in total. The van der Waals surface area contributed by atoms with E-state index in [1.54, 1.807) is 17.0 Å². The molecule has 1 fully saturated rings. The monoisotopic (exact) mass is 368 g/mol. The van der Waals surface area contributed by atoms with E-state index in [4.69, 9.17) is 0 Å². The third-order valence-corrected chi connectivity index (χ3v) is 5.19. The smallest absolute Gasteiger partial charge is 0.253 e. The molecular formula is C22H25FN2O2. The number of para-hydroxylation sites is 1. The SMILES string of the molecule is CCN(C(=O)C1CCN(C(=O)c2cccc(F)c2)CC1)c1ccccc1C. The first-order valence-corrected chi connectivity index (χ1v) is 9.43. The van der Waals surface area contributed by atoms with E-state index in [0.717, 1.165) is 11.3 Å². The van der Waals surface area contributed by atoms with E-state index in [2.05, 4.69) is 0 Å². The summed E-state index contributed by atoms with van der Waals surface area (Å²) in [5.74, 6) is -0.569. The van der Waals surface area contributed by atoms with Gasteiger partial charge in [-0.3, -0.25) is 9.59 Å². The molecule has 1 aliphatic heterocycles. The zero-order valence-corrected chi connectivity index (χ0v) is 15.8. The molecule has 1 saturated heterocycles. The molecule has 142 valence electrons. The molecule has 0 radical (unpaired) electrons. The van der Waals surface area contributed by atoms with Crippen LogP contribution in [-0.4, -0.2) is 36.3 Å². The molecule has 0 saturated carbocycles. The van der Waals surface area contributed by atoms with Crippen LogP contribution in [-0.2, 0) is 4.79 Å². The van der Waals surface area contributed by atoms with Gasteiger partial charge in [0.15, 0.2) is 0 Å². The molecule has 2 aromatic carbocycles. The van der Waals surface area contributed by atoms with Crippen molar-refractivity contribution in [2.24, 2.45) is 5.92 Å². The highest BCUT2D eigenvalue weighted by atomic mass is 19.1. The number of piperidine rings is 1. The molecule has 0 bridgehead atoms. The summed E-state index contributed by atoms with van der Waals surface area (Å²) >= 11 is 0. The van der Waals surface area contributed by atoms with Crippen molar-refractivity contribution in [3.8, 4) is 0 Å². The first-order chi connectivity index (χ1) is 13.0. The van der Waals surface area contributed by atoms with Crippen molar-refractivity contribution >= 4 is 17.5 Å². The maximum Gasteiger partial charge on any atom is 0.253 e. The van der Waals surface area contributed by atoms with Crippen LogP contribution in [0.15, 0.2) is 48.5 Å².